The summed E-state index contributed by atoms with van der Waals surface area (Å²) in [5.41, 5.74) is 6.12. The van der Waals surface area contributed by atoms with Gasteiger partial charge in [-0.2, -0.15) is 13.2 Å². The van der Waals surface area contributed by atoms with Crippen LogP contribution in [0.4, 0.5) is 19.0 Å². The second-order valence-electron chi connectivity index (χ2n) is 4.68. The average Bonchev–Trinajstić information content (AvgIpc) is 3.04. The largest absolute Gasteiger partial charge is 0.434 e. The fraction of sp³-hybridized carbons (Fsp3) is 0.231. The molecule has 23 heavy (non-hydrogen) atoms. The number of nitrogens with two attached hydrogens (primary N) is 1. The third-order valence-electron chi connectivity index (χ3n) is 2.87. The summed E-state index contributed by atoms with van der Waals surface area (Å²) in [5, 5.41) is 1.87. The van der Waals surface area contributed by atoms with Gasteiger partial charge < -0.3 is 5.73 Å². The molecule has 0 saturated heterocycles. The first-order valence-electron chi connectivity index (χ1n) is 6.36. The van der Waals surface area contributed by atoms with E-state index in [1.165, 1.54) is 11.3 Å². The summed E-state index contributed by atoms with van der Waals surface area (Å²) in [7, 11) is 0. The number of aryl methyl sites for hydroxylation is 2. The smallest absolute Gasteiger partial charge is 0.384 e. The van der Waals surface area contributed by atoms with Crippen LogP contribution in [0.15, 0.2) is 11.4 Å². The zero-order valence-corrected chi connectivity index (χ0v) is 13.6. The summed E-state index contributed by atoms with van der Waals surface area (Å²) in [6, 6.07) is 1.57. The first kappa shape index (κ1) is 15.8. The number of nitrogen functional groups attached to an aromatic ring is 1. The van der Waals surface area contributed by atoms with Crippen LogP contribution >= 0.6 is 22.7 Å². The molecule has 5 nitrogen and oxygen atoms in total. The summed E-state index contributed by atoms with van der Waals surface area (Å²) in [6.07, 6.45) is -4.50. The summed E-state index contributed by atoms with van der Waals surface area (Å²) < 4.78 is 38.0. The molecule has 2 N–H and O–H groups in total. The number of nitrogens with zero attached hydrogens (tertiary/aromatic N) is 4. The van der Waals surface area contributed by atoms with Gasteiger partial charge in [-0.05, 0) is 13.8 Å². The van der Waals surface area contributed by atoms with E-state index in [4.69, 9.17) is 5.73 Å². The minimum Gasteiger partial charge on any atom is -0.384 e. The SMILES string of the molecule is Cc1nc(C)c(-c2cc(N)nc(-c3nc(C(F)(F)F)cs3)n2)s1. The van der Waals surface area contributed by atoms with Crippen LogP contribution in [0.2, 0.25) is 0 Å². The topological polar surface area (TPSA) is 77.6 Å². The Balaban J connectivity index is 2.08. The third kappa shape index (κ3) is 3.17. The summed E-state index contributed by atoms with van der Waals surface area (Å²) >= 11 is 2.26. The number of alkyl halides is 3. The van der Waals surface area contributed by atoms with Crippen molar-refractivity contribution in [3.8, 4) is 21.4 Å². The number of halogens is 3. The highest BCUT2D eigenvalue weighted by atomic mass is 32.1. The van der Waals surface area contributed by atoms with Gasteiger partial charge in [0.25, 0.3) is 0 Å². The maximum absolute atomic E-state index is 12.7. The first-order chi connectivity index (χ1) is 10.7. The van der Waals surface area contributed by atoms with Crippen molar-refractivity contribution in [3.63, 3.8) is 0 Å². The first-order valence-corrected chi connectivity index (χ1v) is 8.05. The standard InChI is InChI=1S/C13H10F3N5S2/c1-5-10(23-6(2)18-5)7-3-9(17)21-11(19-7)12-20-8(4-22-12)13(14,15)16/h3-4H,1-2H3,(H2,17,19,21). The molecule has 0 aliphatic carbocycles. The number of rotatable bonds is 2. The lowest BCUT2D eigenvalue weighted by molar-refractivity contribution is -0.140. The molecule has 0 saturated carbocycles. The predicted molar refractivity (Wildman–Crippen MR) is 83.1 cm³/mol. The molecule has 0 aliphatic heterocycles. The Morgan fingerprint density at radius 2 is 1.83 bits per heavy atom. The van der Waals surface area contributed by atoms with Gasteiger partial charge in [0.1, 0.15) is 5.82 Å². The molecule has 0 bridgehead atoms. The lowest BCUT2D eigenvalue weighted by Gasteiger charge is -2.03. The molecule has 10 heteroatoms. The Hall–Kier alpha value is -2.07. The highest BCUT2D eigenvalue weighted by Gasteiger charge is 2.34. The van der Waals surface area contributed by atoms with E-state index < -0.39 is 11.9 Å². The lowest BCUT2D eigenvalue weighted by Crippen LogP contribution is -2.05. The van der Waals surface area contributed by atoms with Crippen LogP contribution in [-0.2, 0) is 6.18 Å². The lowest BCUT2D eigenvalue weighted by atomic mass is 10.3. The number of hydrogen-bond acceptors (Lipinski definition) is 7. The van der Waals surface area contributed by atoms with E-state index in [2.05, 4.69) is 19.9 Å². The highest BCUT2D eigenvalue weighted by molar-refractivity contribution is 7.15. The minimum absolute atomic E-state index is 0.0739. The van der Waals surface area contributed by atoms with Gasteiger partial charge in [0.15, 0.2) is 16.5 Å². The van der Waals surface area contributed by atoms with Gasteiger partial charge in [0.2, 0.25) is 0 Å². The minimum atomic E-state index is -4.50. The molecule has 120 valence electrons. The fourth-order valence-electron chi connectivity index (χ4n) is 1.95. The molecule has 0 aliphatic rings. The van der Waals surface area contributed by atoms with Crippen LogP contribution in [0, 0.1) is 13.8 Å². The van der Waals surface area contributed by atoms with E-state index in [0.29, 0.717) is 5.69 Å². The van der Waals surface area contributed by atoms with Gasteiger partial charge in [0.05, 0.1) is 21.3 Å². The molecular weight excluding hydrogens is 347 g/mol. The number of anilines is 1. The quantitative estimate of drug-likeness (QED) is 0.752. The van der Waals surface area contributed by atoms with Gasteiger partial charge in [-0.3, -0.25) is 0 Å². The monoisotopic (exact) mass is 357 g/mol. The van der Waals surface area contributed by atoms with Gasteiger partial charge in [-0.1, -0.05) is 0 Å². The molecule has 3 aromatic rings. The van der Waals surface area contributed by atoms with E-state index in [-0.39, 0.29) is 16.6 Å². The zero-order valence-electron chi connectivity index (χ0n) is 12.0. The van der Waals surface area contributed by atoms with Gasteiger partial charge >= 0.3 is 6.18 Å². The van der Waals surface area contributed by atoms with E-state index in [0.717, 1.165) is 32.3 Å². The fourth-order valence-corrected chi connectivity index (χ4v) is 3.59. The van der Waals surface area contributed by atoms with Crippen molar-refractivity contribution in [1.82, 2.24) is 19.9 Å². The van der Waals surface area contributed by atoms with E-state index >= 15 is 0 Å². The Morgan fingerprint density at radius 1 is 1.09 bits per heavy atom. The molecule has 0 atom stereocenters. The molecule has 3 heterocycles. The molecule has 0 fully saturated rings. The molecule has 0 unspecified atom stereocenters. The maximum atomic E-state index is 12.7. The Bertz CT molecular complexity index is 869. The van der Waals surface area contributed by atoms with E-state index in [1.807, 2.05) is 13.8 Å². The second-order valence-corrected chi connectivity index (χ2v) is 6.75. The zero-order chi connectivity index (χ0) is 16.8. The van der Waals surface area contributed by atoms with Crippen LogP contribution in [0.25, 0.3) is 21.4 Å². The van der Waals surface area contributed by atoms with Crippen LogP contribution in [0.1, 0.15) is 16.4 Å². The normalized spacial score (nSPS) is 11.9. The Morgan fingerprint density at radius 3 is 2.39 bits per heavy atom. The number of hydrogen-bond donors (Lipinski definition) is 1. The summed E-state index contributed by atoms with van der Waals surface area (Å²) in [4.78, 5) is 17.0. The summed E-state index contributed by atoms with van der Waals surface area (Å²) in [5.74, 6) is 0.241. The summed E-state index contributed by atoms with van der Waals surface area (Å²) in [6.45, 7) is 3.70. The third-order valence-corrected chi connectivity index (χ3v) is 4.80. The van der Waals surface area contributed by atoms with Crippen LogP contribution < -0.4 is 5.73 Å². The van der Waals surface area contributed by atoms with Gasteiger partial charge in [-0.15, -0.1) is 22.7 Å². The Labute approximate surface area is 137 Å². The van der Waals surface area contributed by atoms with Crippen molar-refractivity contribution in [1.29, 1.82) is 0 Å². The van der Waals surface area contributed by atoms with Crippen LogP contribution in [0.3, 0.4) is 0 Å². The highest BCUT2D eigenvalue weighted by Crippen LogP contribution is 2.34. The van der Waals surface area contributed by atoms with Gasteiger partial charge in [0, 0.05) is 11.4 Å². The molecule has 3 rings (SSSR count). The van der Waals surface area contributed by atoms with E-state index in [9.17, 15) is 13.2 Å². The maximum Gasteiger partial charge on any atom is 0.434 e. The van der Waals surface area contributed by atoms with Gasteiger partial charge in [-0.25, -0.2) is 19.9 Å². The van der Waals surface area contributed by atoms with Crippen LogP contribution in [0.5, 0.6) is 0 Å². The average molecular weight is 357 g/mol. The Kier molecular flexibility index (Phi) is 3.80. The van der Waals surface area contributed by atoms with Crippen molar-refractivity contribution in [2.24, 2.45) is 0 Å². The molecule has 0 amide bonds. The predicted octanol–water partition coefficient (Wildman–Crippen LogP) is 3.94. The molecule has 0 radical (unpaired) electrons. The van der Waals surface area contributed by atoms with Crippen LogP contribution in [-0.4, -0.2) is 19.9 Å². The van der Waals surface area contributed by atoms with Crippen molar-refractivity contribution in [3.05, 3.63) is 27.8 Å². The molecular formula is C13H10F3N5S2. The molecule has 0 aromatic carbocycles. The van der Waals surface area contributed by atoms with E-state index in [1.54, 1.807) is 6.07 Å². The number of aromatic nitrogens is 4. The molecule has 3 aromatic heterocycles. The molecule has 0 spiro atoms. The van der Waals surface area contributed by atoms with Crippen molar-refractivity contribution in [2.45, 2.75) is 20.0 Å². The van der Waals surface area contributed by atoms with Crippen molar-refractivity contribution in [2.75, 3.05) is 5.73 Å². The second kappa shape index (κ2) is 5.53. The number of thiazole rings is 2. The van der Waals surface area contributed by atoms with Crippen molar-refractivity contribution < 1.29 is 13.2 Å². The van der Waals surface area contributed by atoms with Crippen molar-refractivity contribution >= 4 is 28.5 Å².